The summed E-state index contributed by atoms with van der Waals surface area (Å²) < 4.78 is 10.8. The number of carbonyl (C=O) groups excluding carboxylic acids is 1. The molecule has 0 radical (unpaired) electrons. The van der Waals surface area contributed by atoms with E-state index in [1.807, 2.05) is 38.1 Å². The van der Waals surface area contributed by atoms with Gasteiger partial charge in [0.1, 0.15) is 24.4 Å². The quantitative estimate of drug-likeness (QED) is 0.854. The van der Waals surface area contributed by atoms with Crippen LogP contribution in [0.4, 0.5) is 0 Å². The standard InChI is InChI=1S/C16H20N2O3/c1-11-4-3-5-14(6-11)20-9-12(2)18-16(19)13-7-15(8-17)21-10-13/h3-7,10,12H,8-9,17H2,1-2H3,(H,18,19). The Bertz CT molecular complexity index is 607. The van der Waals surface area contributed by atoms with E-state index in [1.54, 1.807) is 6.07 Å². The van der Waals surface area contributed by atoms with Gasteiger partial charge >= 0.3 is 0 Å². The number of aryl methyl sites for hydroxylation is 1. The molecule has 112 valence electrons. The third kappa shape index (κ3) is 4.36. The number of hydrogen-bond acceptors (Lipinski definition) is 4. The molecule has 0 spiro atoms. The minimum absolute atomic E-state index is 0.116. The molecule has 5 nitrogen and oxygen atoms in total. The van der Waals surface area contributed by atoms with Gasteiger partial charge in [0.25, 0.3) is 5.91 Å². The average Bonchev–Trinajstić information content (AvgIpc) is 2.94. The molecule has 0 saturated carbocycles. The van der Waals surface area contributed by atoms with Gasteiger partial charge in [-0.2, -0.15) is 0 Å². The molecule has 0 fully saturated rings. The van der Waals surface area contributed by atoms with E-state index in [2.05, 4.69) is 5.32 Å². The molecular weight excluding hydrogens is 268 g/mol. The number of amides is 1. The number of hydrogen-bond donors (Lipinski definition) is 2. The van der Waals surface area contributed by atoms with Crippen molar-refractivity contribution in [1.82, 2.24) is 5.32 Å². The van der Waals surface area contributed by atoms with E-state index in [4.69, 9.17) is 14.9 Å². The van der Waals surface area contributed by atoms with Gasteiger partial charge in [-0.3, -0.25) is 4.79 Å². The van der Waals surface area contributed by atoms with Gasteiger partial charge < -0.3 is 20.2 Å². The molecule has 3 N–H and O–H groups in total. The van der Waals surface area contributed by atoms with Crippen LogP contribution in [0.5, 0.6) is 5.75 Å². The molecule has 0 aliphatic heterocycles. The van der Waals surface area contributed by atoms with Gasteiger partial charge in [-0.25, -0.2) is 0 Å². The normalized spacial score (nSPS) is 12.0. The first-order valence-electron chi connectivity index (χ1n) is 6.86. The molecule has 2 rings (SSSR count). The van der Waals surface area contributed by atoms with Crippen molar-refractivity contribution in [2.45, 2.75) is 26.4 Å². The van der Waals surface area contributed by atoms with Crippen LogP contribution in [0.2, 0.25) is 0 Å². The lowest BCUT2D eigenvalue weighted by atomic mass is 10.2. The van der Waals surface area contributed by atoms with Gasteiger partial charge in [0, 0.05) is 0 Å². The van der Waals surface area contributed by atoms with Crippen LogP contribution in [0.25, 0.3) is 0 Å². The summed E-state index contributed by atoms with van der Waals surface area (Å²) in [5, 5.41) is 2.85. The molecule has 2 aromatic rings. The number of nitrogens with one attached hydrogen (secondary N) is 1. The maximum atomic E-state index is 12.0. The van der Waals surface area contributed by atoms with Gasteiger partial charge in [-0.05, 0) is 37.6 Å². The Morgan fingerprint density at radius 2 is 2.24 bits per heavy atom. The molecule has 0 bridgehead atoms. The SMILES string of the molecule is Cc1cccc(OCC(C)NC(=O)c2coc(CN)c2)c1. The molecule has 1 amide bonds. The highest BCUT2D eigenvalue weighted by molar-refractivity contribution is 5.94. The second kappa shape index (κ2) is 6.95. The largest absolute Gasteiger partial charge is 0.491 e. The topological polar surface area (TPSA) is 77.5 Å². The molecular formula is C16H20N2O3. The lowest BCUT2D eigenvalue weighted by Gasteiger charge is -2.14. The molecule has 1 unspecified atom stereocenters. The second-order valence-electron chi connectivity index (χ2n) is 5.01. The fourth-order valence-electron chi connectivity index (χ4n) is 1.88. The van der Waals surface area contributed by atoms with Crippen molar-refractivity contribution in [1.29, 1.82) is 0 Å². The number of rotatable bonds is 6. The molecule has 1 aromatic heterocycles. The van der Waals surface area contributed by atoms with Crippen LogP contribution in [-0.2, 0) is 6.54 Å². The lowest BCUT2D eigenvalue weighted by molar-refractivity contribution is 0.0926. The zero-order valence-corrected chi connectivity index (χ0v) is 12.3. The number of carbonyl (C=O) groups is 1. The molecule has 0 saturated heterocycles. The maximum Gasteiger partial charge on any atom is 0.254 e. The highest BCUT2D eigenvalue weighted by Gasteiger charge is 2.13. The zero-order valence-electron chi connectivity index (χ0n) is 12.3. The van der Waals surface area contributed by atoms with Crippen molar-refractivity contribution in [2.24, 2.45) is 5.73 Å². The molecule has 5 heteroatoms. The number of furan rings is 1. The van der Waals surface area contributed by atoms with E-state index in [1.165, 1.54) is 6.26 Å². The first-order chi connectivity index (χ1) is 10.1. The molecule has 0 aliphatic rings. The summed E-state index contributed by atoms with van der Waals surface area (Å²) in [5.74, 6) is 1.19. The second-order valence-corrected chi connectivity index (χ2v) is 5.01. The fourth-order valence-corrected chi connectivity index (χ4v) is 1.88. The third-order valence-corrected chi connectivity index (χ3v) is 2.98. The summed E-state index contributed by atoms with van der Waals surface area (Å²) in [7, 11) is 0. The predicted octanol–water partition coefficient (Wildman–Crippen LogP) is 2.24. The number of benzene rings is 1. The van der Waals surface area contributed by atoms with Crippen molar-refractivity contribution >= 4 is 5.91 Å². The molecule has 1 atom stereocenters. The van der Waals surface area contributed by atoms with Crippen LogP contribution in [-0.4, -0.2) is 18.6 Å². The Kier molecular flexibility index (Phi) is 5.00. The zero-order chi connectivity index (χ0) is 15.2. The van der Waals surface area contributed by atoms with Crippen LogP contribution in [0.15, 0.2) is 41.0 Å². The fraction of sp³-hybridized carbons (Fsp3) is 0.312. The van der Waals surface area contributed by atoms with Gasteiger partial charge in [-0.1, -0.05) is 12.1 Å². The monoisotopic (exact) mass is 288 g/mol. The first kappa shape index (κ1) is 15.1. The average molecular weight is 288 g/mol. The summed E-state index contributed by atoms with van der Waals surface area (Å²) in [6.45, 7) is 4.57. The summed E-state index contributed by atoms with van der Waals surface area (Å²) in [6, 6.07) is 9.32. The molecule has 1 heterocycles. The lowest BCUT2D eigenvalue weighted by Crippen LogP contribution is -2.36. The summed E-state index contributed by atoms with van der Waals surface area (Å²) in [4.78, 5) is 12.0. The highest BCUT2D eigenvalue weighted by Crippen LogP contribution is 2.12. The minimum Gasteiger partial charge on any atom is -0.491 e. The van der Waals surface area contributed by atoms with Crippen LogP contribution >= 0.6 is 0 Å². The Balaban J connectivity index is 1.83. The Morgan fingerprint density at radius 1 is 1.43 bits per heavy atom. The maximum absolute atomic E-state index is 12.0. The Labute approximate surface area is 124 Å². The van der Waals surface area contributed by atoms with Crippen molar-refractivity contribution in [3.05, 3.63) is 53.5 Å². The molecule has 0 aliphatic carbocycles. The van der Waals surface area contributed by atoms with Gasteiger partial charge in [0.05, 0.1) is 18.2 Å². The van der Waals surface area contributed by atoms with Gasteiger partial charge in [-0.15, -0.1) is 0 Å². The Hall–Kier alpha value is -2.27. The Morgan fingerprint density at radius 3 is 2.90 bits per heavy atom. The third-order valence-electron chi connectivity index (χ3n) is 2.98. The molecule has 21 heavy (non-hydrogen) atoms. The highest BCUT2D eigenvalue weighted by atomic mass is 16.5. The number of ether oxygens (including phenoxy) is 1. The van der Waals surface area contributed by atoms with Crippen molar-refractivity contribution in [3.63, 3.8) is 0 Å². The predicted molar refractivity (Wildman–Crippen MR) is 80.2 cm³/mol. The van der Waals surface area contributed by atoms with Crippen molar-refractivity contribution in [3.8, 4) is 5.75 Å². The van der Waals surface area contributed by atoms with Crippen LogP contribution in [0.3, 0.4) is 0 Å². The summed E-state index contributed by atoms with van der Waals surface area (Å²) >= 11 is 0. The van der Waals surface area contributed by atoms with E-state index >= 15 is 0 Å². The van der Waals surface area contributed by atoms with E-state index in [0.717, 1.165) is 11.3 Å². The van der Waals surface area contributed by atoms with E-state index < -0.39 is 0 Å². The van der Waals surface area contributed by atoms with E-state index in [0.29, 0.717) is 17.9 Å². The van der Waals surface area contributed by atoms with Crippen LogP contribution in [0, 0.1) is 6.92 Å². The van der Waals surface area contributed by atoms with Crippen LogP contribution < -0.4 is 15.8 Å². The number of nitrogens with two attached hydrogens (primary N) is 1. The smallest absolute Gasteiger partial charge is 0.254 e. The van der Waals surface area contributed by atoms with Gasteiger partial charge in [0.2, 0.25) is 0 Å². The van der Waals surface area contributed by atoms with E-state index in [9.17, 15) is 4.79 Å². The van der Waals surface area contributed by atoms with E-state index in [-0.39, 0.29) is 18.5 Å². The summed E-state index contributed by atoms with van der Waals surface area (Å²) in [6.07, 6.45) is 1.41. The van der Waals surface area contributed by atoms with Crippen molar-refractivity contribution in [2.75, 3.05) is 6.61 Å². The first-order valence-corrected chi connectivity index (χ1v) is 6.86. The van der Waals surface area contributed by atoms with Gasteiger partial charge in [0.15, 0.2) is 0 Å². The van der Waals surface area contributed by atoms with Crippen molar-refractivity contribution < 1.29 is 13.9 Å². The summed E-state index contributed by atoms with van der Waals surface area (Å²) in [5.41, 5.74) is 7.05. The minimum atomic E-state index is -0.196. The van der Waals surface area contributed by atoms with Crippen LogP contribution in [0.1, 0.15) is 28.6 Å². The molecule has 1 aromatic carbocycles.